The van der Waals surface area contributed by atoms with Crippen LogP contribution >= 0.6 is 0 Å². The average Bonchev–Trinajstić information content (AvgIpc) is 2.38. The minimum absolute atomic E-state index is 0.0350. The number of carbonyl (C=O) groups excluding carboxylic acids is 1. The molecule has 0 fully saturated rings. The lowest BCUT2D eigenvalue weighted by Gasteiger charge is -2.06. The molecule has 0 saturated heterocycles. The molecule has 3 N–H and O–H groups in total. The lowest BCUT2D eigenvalue weighted by Crippen LogP contribution is -2.32. The summed E-state index contributed by atoms with van der Waals surface area (Å²) in [6.07, 6.45) is 1.78. The molecule has 0 atom stereocenters. The van der Waals surface area contributed by atoms with Crippen molar-refractivity contribution in [3.05, 3.63) is 35.4 Å². The molecule has 0 unspecified atom stereocenters. The number of carbonyl (C=O) groups is 1. The Morgan fingerprint density at radius 2 is 1.83 bits per heavy atom. The Labute approximate surface area is 108 Å². The van der Waals surface area contributed by atoms with E-state index in [-0.39, 0.29) is 12.5 Å². The van der Waals surface area contributed by atoms with E-state index in [4.69, 9.17) is 5.11 Å². The smallest absolute Gasteiger partial charge is 0.251 e. The molecule has 1 aromatic rings. The molecule has 0 saturated carbocycles. The van der Waals surface area contributed by atoms with Crippen molar-refractivity contribution in [3.8, 4) is 0 Å². The van der Waals surface area contributed by atoms with Gasteiger partial charge in [-0.3, -0.25) is 4.79 Å². The first kappa shape index (κ1) is 14.7. The topological polar surface area (TPSA) is 61.4 Å². The number of aryl methyl sites for hydroxylation is 1. The van der Waals surface area contributed by atoms with Gasteiger partial charge in [0.25, 0.3) is 5.91 Å². The number of aliphatic hydroxyl groups is 1. The van der Waals surface area contributed by atoms with Gasteiger partial charge in [-0.1, -0.05) is 17.7 Å². The van der Waals surface area contributed by atoms with Crippen LogP contribution in [0.4, 0.5) is 0 Å². The molecule has 1 rings (SSSR count). The molecule has 0 radical (unpaired) electrons. The number of aliphatic hydroxyl groups excluding tert-OH is 1. The van der Waals surface area contributed by atoms with Gasteiger partial charge in [0.2, 0.25) is 0 Å². The van der Waals surface area contributed by atoms with E-state index in [0.717, 1.165) is 31.5 Å². The van der Waals surface area contributed by atoms with Crippen LogP contribution < -0.4 is 10.6 Å². The standard InChI is InChI=1S/C14H22N2O2/c1-12-4-6-13(7-5-12)14(18)16-10-9-15-8-2-3-11-17/h4-7,15,17H,2-3,8-11H2,1H3,(H,16,18). The summed E-state index contributed by atoms with van der Waals surface area (Å²) in [6.45, 7) is 4.49. The molecule has 18 heavy (non-hydrogen) atoms. The molecule has 1 aromatic carbocycles. The molecule has 100 valence electrons. The van der Waals surface area contributed by atoms with E-state index in [1.807, 2.05) is 31.2 Å². The maximum Gasteiger partial charge on any atom is 0.251 e. The molecule has 0 spiro atoms. The highest BCUT2D eigenvalue weighted by atomic mass is 16.2. The van der Waals surface area contributed by atoms with Gasteiger partial charge in [0, 0.05) is 25.3 Å². The number of hydrogen-bond donors (Lipinski definition) is 3. The zero-order chi connectivity index (χ0) is 13.2. The highest BCUT2D eigenvalue weighted by Gasteiger charge is 2.02. The van der Waals surface area contributed by atoms with Gasteiger partial charge in [0.1, 0.15) is 0 Å². The summed E-state index contributed by atoms with van der Waals surface area (Å²) >= 11 is 0. The van der Waals surface area contributed by atoms with E-state index in [9.17, 15) is 4.79 Å². The van der Waals surface area contributed by atoms with Crippen molar-refractivity contribution >= 4 is 5.91 Å². The van der Waals surface area contributed by atoms with E-state index in [1.54, 1.807) is 0 Å². The second-order valence-corrected chi connectivity index (χ2v) is 4.30. The van der Waals surface area contributed by atoms with Crippen molar-refractivity contribution in [1.29, 1.82) is 0 Å². The van der Waals surface area contributed by atoms with Gasteiger partial charge in [-0.25, -0.2) is 0 Å². The third-order valence-corrected chi connectivity index (χ3v) is 2.66. The lowest BCUT2D eigenvalue weighted by molar-refractivity contribution is 0.0954. The monoisotopic (exact) mass is 250 g/mol. The zero-order valence-corrected chi connectivity index (χ0v) is 10.9. The van der Waals surface area contributed by atoms with Crippen LogP contribution in [0, 0.1) is 6.92 Å². The number of amides is 1. The van der Waals surface area contributed by atoms with Crippen LogP contribution in [0.25, 0.3) is 0 Å². The van der Waals surface area contributed by atoms with E-state index >= 15 is 0 Å². The maximum absolute atomic E-state index is 11.7. The van der Waals surface area contributed by atoms with Crippen molar-refractivity contribution in [2.45, 2.75) is 19.8 Å². The van der Waals surface area contributed by atoms with E-state index in [0.29, 0.717) is 12.1 Å². The van der Waals surface area contributed by atoms with Crippen LogP contribution in [0.15, 0.2) is 24.3 Å². The summed E-state index contributed by atoms with van der Waals surface area (Å²) in [4.78, 5) is 11.7. The first-order chi connectivity index (χ1) is 8.74. The Balaban J connectivity index is 2.12. The lowest BCUT2D eigenvalue weighted by atomic mass is 10.1. The van der Waals surface area contributed by atoms with Gasteiger partial charge in [-0.05, 0) is 38.4 Å². The van der Waals surface area contributed by atoms with Gasteiger partial charge >= 0.3 is 0 Å². The summed E-state index contributed by atoms with van der Waals surface area (Å²) < 4.78 is 0. The summed E-state index contributed by atoms with van der Waals surface area (Å²) in [7, 11) is 0. The Morgan fingerprint density at radius 3 is 2.50 bits per heavy atom. The number of unbranched alkanes of at least 4 members (excludes halogenated alkanes) is 1. The van der Waals surface area contributed by atoms with Gasteiger partial charge in [-0.15, -0.1) is 0 Å². The van der Waals surface area contributed by atoms with Crippen LogP contribution in [0.3, 0.4) is 0 Å². The average molecular weight is 250 g/mol. The third kappa shape index (κ3) is 5.80. The molecular formula is C14H22N2O2. The predicted octanol–water partition coefficient (Wildman–Crippen LogP) is 1.09. The van der Waals surface area contributed by atoms with Crippen LogP contribution in [0.5, 0.6) is 0 Å². The second-order valence-electron chi connectivity index (χ2n) is 4.30. The van der Waals surface area contributed by atoms with Crippen LogP contribution in [0.2, 0.25) is 0 Å². The third-order valence-electron chi connectivity index (χ3n) is 2.66. The molecule has 4 nitrogen and oxygen atoms in total. The fourth-order valence-electron chi connectivity index (χ4n) is 1.56. The Bertz CT molecular complexity index is 349. The van der Waals surface area contributed by atoms with Crippen LogP contribution in [-0.4, -0.2) is 37.3 Å². The van der Waals surface area contributed by atoms with E-state index < -0.39 is 0 Å². The van der Waals surface area contributed by atoms with Crippen LogP contribution in [-0.2, 0) is 0 Å². The Hall–Kier alpha value is -1.39. The van der Waals surface area contributed by atoms with Gasteiger partial charge in [0.15, 0.2) is 0 Å². The van der Waals surface area contributed by atoms with Crippen molar-refractivity contribution < 1.29 is 9.90 Å². The second kappa shape index (κ2) is 8.66. The summed E-state index contributed by atoms with van der Waals surface area (Å²) in [5.74, 6) is -0.0350. The number of nitrogens with one attached hydrogen (secondary N) is 2. The van der Waals surface area contributed by atoms with Crippen LogP contribution in [0.1, 0.15) is 28.8 Å². The minimum Gasteiger partial charge on any atom is -0.396 e. The fourth-order valence-corrected chi connectivity index (χ4v) is 1.56. The highest BCUT2D eigenvalue weighted by Crippen LogP contribution is 2.02. The number of rotatable bonds is 8. The first-order valence-corrected chi connectivity index (χ1v) is 6.40. The molecule has 0 aliphatic carbocycles. The van der Waals surface area contributed by atoms with Crippen molar-refractivity contribution in [2.24, 2.45) is 0 Å². The maximum atomic E-state index is 11.7. The summed E-state index contributed by atoms with van der Waals surface area (Å²) in [5.41, 5.74) is 1.85. The quantitative estimate of drug-likeness (QED) is 0.605. The Kier molecular flexibility index (Phi) is 7.06. The molecule has 1 amide bonds. The van der Waals surface area contributed by atoms with Crippen molar-refractivity contribution in [3.63, 3.8) is 0 Å². The van der Waals surface area contributed by atoms with Crippen molar-refractivity contribution in [2.75, 3.05) is 26.2 Å². The predicted molar refractivity (Wildman–Crippen MR) is 72.7 cm³/mol. The van der Waals surface area contributed by atoms with Gasteiger partial charge < -0.3 is 15.7 Å². The SMILES string of the molecule is Cc1ccc(C(=O)NCCNCCCCO)cc1. The summed E-state index contributed by atoms with van der Waals surface area (Å²) in [6, 6.07) is 7.53. The largest absolute Gasteiger partial charge is 0.396 e. The van der Waals surface area contributed by atoms with E-state index in [2.05, 4.69) is 10.6 Å². The minimum atomic E-state index is -0.0350. The van der Waals surface area contributed by atoms with Crippen molar-refractivity contribution in [1.82, 2.24) is 10.6 Å². The number of benzene rings is 1. The first-order valence-electron chi connectivity index (χ1n) is 6.40. The number of hydrogen-bond acceptors (Lipinski definition) is 3. The van der Waals surface area contributed by atoms with Gasteiger partial charge in [0.05, 0.1) is 0 Å². The molecule has 0 bridgehead atoms. The fraction of sp³-hybridized carbons (Fsp3) is 0.500. The van der Waals surface area contributed by atoms with Gasteiger partial charge in [-0.2, -0.15) is 0 Å². The molecule has 0 heterocycles. The molecule has 0 aromatic heterocycles. The Morgan fingerprint density at radius 1 is 1.11 bits per heavy atom. The summed E-state index contributed by atoms with van der Waals surface area (Å²) in [5, 5.41) is 14.7. The van der Waals surface area contributed by atoms with E-state index in [1.165, 1.54) is 0 Å². The molecule has 4 heteroatoms. The normalized spacial score (nSPS) is 10.3. The molecule has 0 aliphatic heterocycles. The molecule has 0 aliphatic rings. The highest BCUT2D eigenvalue weighted by molar-refractivity contribution is 5.94. The molecular weight excluding hydrogens is 228 g/mol. The zero-order valence-electron chi connectivity index (χ0n) is 10.9.